The van der Waals surface area contributed by atoms with Crippen molar-refractivity contribution in [2.45, 2.75) is 32.7 Å². The van der Waals surface area contributed by atoms with Crippen molar-refractivity contribution in [2.75, 3.05) is 0 Å². The number of nitrogens with two attached hydrogens (primary N) is 1. The van der Waals surface area contributed by atoms with Gasteiger partial charge in [-0.05, 0) is 52.4 Å². The predicted octanol–water partition coefficient (Wildman–Crippen LogP) is 5.21. The molecule has 0 spiro atoms. The van der Waals surface area contributed by atoms with E-state index in [0.29, 0.717) is 12.1 Å². The lowest BCUT2D eigenvalue weighted by atomic mass is 9.83. The molecule has 0 fully saturated rings. The van der Waals surface area contributed by atoms with Gasteiger partial charge in [-0.25, -0.2) is 0 Å². The summed E-state index contributed by atoms with van der Waals surface area (Å²) in [5, 5.41) is 1.000. The number of pyridine rings is 1. The van der Waals surface area contributed by atoms with E-state index in [1.54, 1.807) is 12.5 Å². The lowest BCUT2D eigenvalue weighted by Gasteiger charge is -2.20. The van der Waals surface area contributed by atoms with Gasteiger partial charge in [0.05, 0.1) is 6.26 Å². The highest BCUT2D eigenvalue weighted by Crippen LogP contribution is 2.39. The second-order valence-corrected chi connectivity index (χ2v) is 8.12. The zero-order chi connectivity index (χ0) is 19.9. The molecule has 0 bridgehead atoms. The van der Waals surface area contributed by atoms with Crippen molar-refractivity contribution in [3.05, 3.63) is 82.5 Å². The summed E-state index contributed by atoms with van der Waals surface area (Å²) in [7, 11) is 0. The fourth-order valence-electron chi connectivity index (χ4n) is 3.59. The van der Waals surface area contributed by atoms with E-state index in [1.807, 2.05) is 30.3 Å². The summed E-state index contributed by atoms with van der Waals surface area (Å²) in [6, 6.07) is 16.0. The highest BCUT2D eigenvalue weighted by molar-refractivity contribution is 5.98. The van der Waals surface area contributed by atoms with Crippen LogP contribution in [-0.2, 0) is 12.0 Å². The maximum atomic E-state index is 12.4. The van der Waals surface area contributed by atoms with Crippen molar-refractivity contribution < 1.29 is 4.42 Å². The van der Waals surface area contributed by atoms with Crippen molar-refractivity contribution in [1.29, 1.82) is 0 Å². The molecule has 0 aliphatic heterocycles. The maximum Gasteiger partial charge on any atom is 0.255 e. The third kappa shape index (κ3) is 3.16. The molecular weight excluding hydrogens is 348 g/mol. The van der Waals surface area contributed by atoms with Gasteiger partial charge in [0.2, 0.25) is 0 Å². The molecule has 0 atom stereocenters. The Hall–Kier alpha value is -3.11. The number of rotatable bonds is 3. The number of benzene rings is 2. The molecule has 0 amide bonds. The number of hydrogen-bond acceptors (Lipinski definition) is 3. The number of fused-ring (bicyclic) bond motifs is 1. The van der Waals surface area contributed by atoms with Gasteiger partial charge in [-0.1, -0.05) is 39.0 Å². The molecule has 4 nitrogen and oxygen atoms in total. The summed E-state index contributed by atoms with van der Waals surface area (Å²) in [6.45, 7) is 6.94. The molecule has 0 radical (unpaired) electrons. The number of hydrogen-bond donors (Lipinski definition) is 2. The van der Waals surface area contributed by atoms with Gasteiger partial charge >= 0.3 is 0 Å². The molecule has 142 valence electrons. The first-order chi connectivity index (χ1) is 13.4. The molecule has 4 aromatic rings. The van der Waals surface area contributed by atoms with Gasteiger partial charge in [-0.2, -0.15) is 0 Å². The van der Waals surface area contributed by atoms with Crippen LogP contribution < -0.4 is 11.3 Å². The van der Waals surface area contributed by atoms with Crippen LogP contribution in [0.5, 0.6) is 0 Å². The minimum Gasteiger partial charge on any atom is -0.463 e. The largest absolute Gasteiger partial charge is 0.463 e. The maximum absolute atomic E-state index is 12.4. The van der Waals surface area contributed by atoms with Gasteiger partial charge in [0.15, 0.2) is 0 Å². The summed E-state index contributed by atoms with van der Waals surface area (Å²) in [5.41, 5.74) is 12.2. The van der Waals surface area contributed by atoms with Crippen LogP contribution in [0.15, 0.2) is 70.2 Å². The molecule has 4 heteroatoms. The van der Waals surface area contributed by atoms with E-state index in [9.17, 15) is 4.79 Å². The molecule has 2 aromatic heterocycles. The Balaban J connectivity index is 2.03. The zero-order valence-electron chi connectivity index (χ0n) is 16.4. The molecule has 0 aliphatic rings. The predicted molar refractivity (Wildman–Crippen MR) is 114 cm³/mol. The van der Waals surface area contributed by atoms with E-state index in [-0.39, 0.29) is 11.0 Å². The molecule has 28 heavy (non-hydrogen) atoms. The van der Waals surface area contributed by atoms with Gasteiger partial charge in [0.1, 0.15) is 5.58 Å². The van der Waals surface area contributed by atoms with Crippen LogP contribution in [0.2, 0.25) is 0 Å². The number of aromatic nitrogens is 1. The summed E-state index contributed by atoms with van der Waals surface area (Å²) >= 11 is 0. The molecule has 0 unspecified atom stereocenters. The lowest BCUT2D eigenvalue weighted by Crippen LogP contribution is -2.13. The van der Waals surface area contributed by atoms with Gasteiger partial charge in [-0.3, -0.25) is 4.79 Å². The second kappa shape index (κ2) is 6.80. The fourth-order valence-corrected chi connectivity index (χ4v) is 3.59. The summed E-state index contributed by atoms with van der Waals surface area (Å²) in [6.07, 6.45) is 3.45. The molecular formula is C24H24N2O2. The van der Waals surface area contributed by atoms with Gasteiger partial charge in [0, 0.05) is 34.8 Å². The molecule has 0 saturated carbocycles. The van der Waals surface area contributed by atoms with Gasteiger partial charge in [-0.15, -0.1) is 0 Å². The van der Waals surface area contributed by atoms with Gasteiger partial charge in [0.25, 0.3) is 5.56 Å². The fraction of sp³-hybridized carbons (Fsp3) is 0.208. The zero-order valence-corrected chi connectivity index (χ0v) is 16.4. The minimum atomic E-state index is -0.135. The average Bonchev–Trinajstić information content (AvgIpc) is 3.10. The average molecular weight is 372 g/mol. The smallest absolute Gasteiger partial charge is 0.255 e. The third-order valence-electron chi connectivity index (χ3n) is 5.08. The Morgan fingerprint density at radius 1 is 1.00 bits per heavy atom. The Bertz CT molecular complexity index is 1210. The van der Waals surface area contributed by atoms with Gasteiger partial charge < -0.3 is 15.1 Å². The Labute approximate surface area is 164 Å². The summed E-state index contributed by atoms with van der Waals surface area (Å²) in [4.78, 5) is 15.2. The third-order valence-corrected chi connectivity index (χ3v) is 5.08. The van der Waals surface area contributed by atoms with Crippen molar-refractivity contribution in [3.8, 4) is 22.3 Å². The molecule has 3 N–H and O–H groups in total. The summed E-state index contributed by atoms with van der Waals surface area (Å²) in [5.74, 6) is 0. The molecule has 2 aromatic carbocycles. The number of aromatic amines is 1. The summed E-state index contributed by atoms with van der Waals surface area (Å²) < 4.78 is 6.04. The van der Waals surface area contributed by atoms with Crippen LogP contribution in [-0.4, -0.2) is 4.98 Å². The monoisotopic (exact) mass is 372 g/mol. The van der Waals surface area contributed by atoms with E-state index in [2.05, 4.69) is 44.0 Å². The quantitative estimate of drug-likeness (QED) is 0.518. The van der Waals surface area contributed by atoms with Crippen molar-refractivity contribution in [1.82, 2.24) is 4.98 Å². The highest BCUT2D eigenvalue weighted by atomic mass is 16.3. The van der Waals surface area contributed by atoms with Crippen LogP contribution in [0.3, 0.4) is 0 Å². The topological polar surface area (TPSA) is 72.0 Å². The molecule has 4 rings (SSSR count). The Morgan fingerprint density at radius 2 is 1.82 bits per heavy atom. The highest BCUT2D eigenvalue weighted by Gasteiger charge is 2.23. The first kappa shape index (κ1) is 18.3. The van der Waals surface area contributed by atoms with Crippen LogP contribution in [0.25, 0.3) is 33.2 Å². The Morgan fingerprint density at radius 3 is 2.54 bits per heavy atom. The second-order valence-electron chi connectivity index (χ2n) is 8.12. The first-order valence-electron chi connectivity index (χ1n) is 9.41. The normalized spacial score (nSPS) is 11.9. The molecule has 0 aliphatic carbocycles. The standard InChI is InChI=1S/C24H24N2O2/c1-24(2,3)21-12-17(18-8-5-9-26-23(18)27)11-19-20(14-28-22(19)21)16-7-4-6-15(10-16)13-25/h4-12,14H,13,25H2,1-3H3,(H,26,27). The first-order valence-corrected chi connectivity index (χ1v) is 9.41. The van der Waals surface area contributed by atoms with E-state index in [4.69, 9.17) is 10.2 Å². The van der Waals surface area contributed by atoms with Crippen LogP contribution >= 0.6 is 0 Å². The minimum absolute atomic E-state index is 0.100. The van der Waals surface area contributed by atoms with E-state index >= 15 is 0 Å². The van der Waals surface area contributed by atoms with Crippen LogP contribution in [0, 0.1) is 0 Å². The number of furan rings is 1. The number of H-pyrrole nitrogens is 1. The van der Waals surface area contributed by atoms with Crippen molar-refractivity contribution in [3.63, 3.8) is 0 Å². The lowest BCUT2D eigenvalue weighted by molar-refractivity contribution is 0.559. The number of nitrogens with one attached hydrogen (secondary N) is 1. The van der Waals surface area contributed by atoms with E-state index < -0.39 is 0 Å². The van der Waals surface area contributed by atoms with Crippen molar-refractivity contribution >= 4 is 11.0 Å². The Kier molecular flexibility index (Phi) is 4.44. The van der Waals surface area contributed by atoms with Crippen LogP contribution in [0.4, 0.5) is 0 Å². The SMILES string of the molecule is CC(C)(C)c1cc(-c2ccc[nH]c2=O)cc2c(-c3cccc(CN)c3)coc12. The molecule has 2 heterocycles. The van der Waals surface area contributed by atoms with E-state index in [0.717, 1.165) is 38.8 Å². The van der Waals surface area contributed by atoms with E-state index in [1.165, 1.54) is 0 Å². The molecule has 0 saturated heterocycles. The van der Waals surface area contributed by atoms with Crippen molar-refractivity contribution in [2.24, 2.45) is 5.73 Å². The van der Waals surface area contributed by atoms with Crippen LogP contribution in [0.1, 0.15) is 31.9 Å².